The summed E-state index contributed by atoms with van der Waals surface area (Å²) in [5.74, 6) is 1.09. The Bertz CT molecular complexity index is 824. The highest BCUT2D eigenvalue weighted by Gasteiger charge is 2.42. The van der Waals surface area contributed by atoms with E-state index in [4.69, 9.17) is 4.74 Å². The quantitative estimate of drug-likeness (QED) is 0.667. The van der Waals surface area contributed by atoms with E-state index in [0.717, 1.165) is 37.1 Å². The zero-order chi connectivity index (χ0) is 20.9. The maximum atomic E-state index is 12.1. The fraction of sp³-hybridized carbons (Fsp3) is 0.458. The highest BCUT2D eigenvalue weighted by molar-refractivity contribution is 5.76. The number of benzene rings is 2. The van der Waals surface area contributed by atoms with Gasteiger partial charge in [-0.1, -0.05) is 37.3 Å². The molecule has 0 spiro atoms. The third-order valence-electron chi connectivity index (χ3n) is 6.04. The molecule has 0 aliphatic carbocycles. The molecule has 29 heavy (non-hydrogen) atoms. The van der Waals surface area contributed by atoms with E-state index in [1.807, 2.05) is 31.2 Å². The number of piperidine rings is 1. The number of aromatic hydroxyl groups is 1. The topological polar surface area (TPSA) is 70.6 Å². The van der Waals surface area contributed by atoms with E-state index in [1.54, 1.807) is 19.2 Å². The number of rotatable bonds is 7. The minimum Gasteiger partial charge on any atom is -0.508 e. The zero-order valence-corrected chi connectivity index (χ0v) is 17.6. The lowest BCUT2D eigenvalue weighted by atomic mass is 9.65. The van der Waals surface area contributed by atoms with Gasteiger partial charge in [-0.25, -0.2) is 0 Å². The first-order valence-electron chi connectivity index (χ1n) is 10.5. The van der Waals surface area contributed by atoms with Crippen LogP contribution in [0.1, 0.15) is 50.7 Å². The van der Waals surface area contributed by atoms with Crippen molar-refractivity contribution in [1.82, 2.24) is 10.6 Å². The molecule has 3 atom stereocenters. The number of carbonyl (C=O) groups is 1. The number of nitrogens with one attached hydrogen (secondary N) is 2. The average molecular weight is 397 g/mol. The molecule has 2 aromatic carbocycles. The molecule has 1 heterocycles. The number of phenolic OH excluding ortho intramolecular Hbond substituents is 1. The number of phenols is 1. The summed E-state index contributed by atoms with van der Waals surface area (Å²) in [7, 11) is 1.64. The van der Waals surface area contributed by atoms with Gasteiger partial charge >= 0.3 is 0 Å². The van der Waals surface area contributed by atoms with Crippen molar-refractivity contribution in [2.45, 2.75) is 57.0 Å². The average Bonchev–Trinajstić information content (AvgIpc) is 2.75. The van der Waals surface area contributed by atoms with Gasteiger partial charge in [0.1, 0.15) is 11.5 Å². The second-order valence-corrected chi connectivity index (χ2v) is 7.95. The first kappa shape index (κ1) is 21.2. The number of carbonyl (C=O) groups excluding carboxylic acids is 1. The van der Waals surface area contributed by atoms with E-state index in [2.05, 4.69) is 29.7 Å². The summed E-state index contributed by atoms with van der Waals surface area (Å²) in [6.45, 7) is 4.86. The minimum absolute atomic E-state index is 0.00909. The minimum atomic E-state index is -0.362. The summed E-state index contributed by atoms with van der Waals surface area (Å²) in [6.07, 6.45) is 3.00. The Morgan fingerprint density at radius 1 is 1.31 bits per heavy atom. The summed E-state index contributed by atoms with van der Waals surface area (Å²) >= 11 is 0. The van der Waals surface area contributed by atoms with Crippen LogP contribution in [0.25, 0.3) is 0 Å². The summed E-state index contributed by atoms with van der Waals surface area (Å²) in [5, 5.41) is 17.5. The molecule has 0 saturated carbocycles. The third-order valence-corrected chi connectivity index (χ3v) is 6.04. The molecule has 0 radical (unpaired) electrons. The number of hydrogen-bond acceptors (Lipinski definition) is 4. The number of methoxy groups -OCH3 is 1. The predicted octanol–water partition coefficient (Wildman–Crippen LogP) is 3.74. The van der Waals surface area contributed by atoms with Gasteiger partial charge in [0.05, 0.1) is 7.11 Å². The molecule has 1 aliphatic heterocycles. The third kappa shape index (κ3) is 4.56. The maximum Gasteiger partial charge on any atom is 0.220 e. The Morgan fingerprint density at radius 3 is 2.76 bits per heavy atom. The Labute approximate surface area is 173 Å². The second kappa shape index (κ2) is 9.31. The van der Waals surface area contributed by atoms with Gasteiger partial charge in [-0.15, -0.1) is 0 Å². The lowest BCUT2D eigenvalue weighted by Gasteiger charge is -2.44. The van der Waals surface area contributed by atoms with Crippen molar-refractivity contribution in [2.75, 3.05) is 13.7 Å². The molecule has 0 aromatic heterocycles. The smallest absolute Gasteiger partial charge is 0.220 e. The molecule has 3 unspecified atom stereocenters. The standard InChI is InChI=1S/C24H32N2O3/c1-4-8-23(28)26-17(2)21-16-24(13-14-25-21,18-9-6-5-7-10-18)20-15-19(29-3)11-12-22(20)27/h5-7,9-12,15,17,21,25,27H,4,8,13-14,16H2,1-3H3,(H,26,28). The lowest BCUT2D eigenvalue weighted by Crippen LogP contribution is -2.55. The first-order valence-corrected chi connectivity index (χ1v) is 10.5. The van der Waals surface area contributed by atoms with E-state index >= 15 is 0 Å². The summed E-state index contributed by atoms with van der Waals surface area (Å²) in [6, 6.07) is 15.9. The van der Waals surface area contributed by atoms with Crippen molar-refractivity contribution in [3.63, 3.8) is 0 Å². The Kier molecular flexibility index (Phi) is 6.80. The molecule has 2 aromatic rings. The van der Waals surface area contributed by atoms with Crippen LogP contribution in [0.5, 0.6) is 11.5 Å². The van der Waals surface area contributed by atoms with Gasteiger partial charge in [-0.05, 0) is 56.5 Å². The van der Waals surface area contributed by atoms with Crippen molar-refractivity contribution in [1.29, 1.82) is 0 Å². The highest BCUT2D eigenvalue weighted by atomic mass is 16.5. The second-order valence-electron chi connectivity index (χ2n) is 7.95. The maximum absolute atomic E-state index is 12.1. The summed E-state index contributed by atoms with van der Waals surface area (Å²) in [5.41, 5.74) is 1.68. The van der Waals surface area contributed by atoms with Crippen molar-refractivity contribution in [3.05, 3.63) is 59.7 Å². The van der Waals surface area contributed by atoms with Crippen LogP contribution in [0.3, 0.4) is 0 Å². The van der Waals surface area contributed by atoms with E-state index in [-0.39, 0.29) is 29.2 Å². The van der Waals surface area contributed by atoms with E-state index in [0.29, 0.717) is 6.42 Å². The molecule has 0 bridgehead atoms. The van der Waals surface area contributed by atoms with Gasteiger partial charge in [0.25, 0.3) is 0 Å². The summed E-state index contributed by atoms with van der Waals surface area (Å²) in [4.78, 5) is 12.1. The molecular weight excluding hydrogens is 364 g/mol. The largest absolute Gasteiger partial charge is 0.508 e. The van der Waals surface area contributed by atoms with E-state index in [1.165, 1.54) is 5.56 Å². The molecule has 156 valence electrons. The Balaban J connectivity index is 2.00. The molecular formula is C24H32N2O3. The molecule has 1 fully saturated rings. The first-order chi connectivity index (χ1) is 14.0. The number of ether oxygens (including phenoxy) is 1. The Hall–Kier alpha value is -2.53. The van der Waals surface area contributed by atoms with Crippen LogP contribution in [-0.4, -0.2) is 36.8 Å². The lowest BCUT2D eigenvalue weighted by molar-refractivity contribution is -0.122. The van der Waals surface area contributed by atoms with Crippen LogP contribution in [-0.2, 0) is 10.2 Å². The fourth-order valence-corrected chi connectivity index (χ4v) is 4.47. The van der Waals surface area contributed by atoms with Crippen LogP contribution in [0.2, 0.25) is 0 Å². The normalized spacial score (nSPS) is 22.7. The van der Waals surface area contributed by atoms with Gasteiger partial charge in [0.15, 0.2) is 0 Å². The van der Waals surface area contributed by atoms with Crippen LogP contribution < -0.4 is 15.4 Å². The van der Waals surface area contributed by atoms with Crippen molar-refractivity contribution in [3.8, 4) is 11.5 Å². The zero-order valence-electron chi connectivity index (χ0n) is 17.6. The van der Waals surface area contributed by atoms with Crippen molar-refractivity contribution >= 4 is 5.91 Å². The number of hydrogen-bond donors (Lipinski definition) is 3. The molecule has 3 N–H and O–H groups in total. The van der Waals surface area contributed by atoms with Crippen LogP contribution in [0.4, 0.5) is 0 Å². The number of amides is 1. The van der Waals surface area contributed by atoms with Crippen LogP contribution >= 0.6 is 0 Å². The van der Waals surface area contributed by atoms with E-state index in [9.17, 15) is 9.90 Å². The molecule has 1 aliphatic rings. The SMILES string of the molecule is CCCC(=O)NC(C)C1CC(c2ccccc2)(c2cc(OC)ccc2O)CCN1. The molecule has 5 heteroatoms. The van der Waals surface area contributed by atoms with Gasteiger partial charge in [-0.2, -0.15) is 0 Å². The molecule has 3 rings (SSSR count). The van der Waals surface area contributed by atoms with Gasteiger partial charge in [-0.3, -0.25) is 4.79 Å². The van der Waals surface area contributed by atoms with Crippen molar-refractivity contribution < 1.29 is 14.6 Å². The van der Waals surface area contributed by atoms with Gasteiger partial charge in [0, 0.05) is 29.5 Å². The van der Waals surface area contributed by atoms with Crippen LogP contribution in [0, 0.1) is 0 Å². The summed E-state index contributed by atoms with van der Waals surface area (Å²) < 4.78 is 5.45. The predicted molar refractivity (Wildman–Crippen MR) is 115 cm³/mol. The molecule has 1 saturated heterocycles. The van der Waals surface area contributed by atoms with Crippen LogP contribution in [0.15, 0.2) is 48.5 Å². The van der Waals surface area contributed by atoms with Gasteiger partial charge < -0.3 is 20.5 Å². The Morgan fingerprint density at radius 2 is 2.07 bits per heavy atom. The monoisotopic (exact) mass is 396 g/mol. The van der Waals surface area contributed by atoms with E-state index < -0.39 is 0 Å². The van der Waals surface area contributed by atoms with Gasteiger partial charge in [0.2, 0.25) is 5.91 Å². The molecule has 1 amide bonds. The fourth-order valence-electron chi connectivity index (χ4n) is 4.47. The van der Waals surface area contributed by atoms with Crippen molar-refractivity contribution in [2.24, 2.45) is 0 Å². The highest BCUT2D eigenvalue weighted by Crippen LogP contribution is 2.46. The molecule has 5 nitrogen and oxygen atoms in total.